The van der Waals surface area contributed by atoms with Gasteiger partial charge in [0.2, 0.25) is 5.13 Å². The van der Waals surface area contributed by atoms with Crippen molar-refractivity contribution < 1.29 is 23.8 Å². The van der Waals surface area contributed by atoms with Crippen LogP contribution in [0.1, 0.15) is 35.9 Å². The zero-order chi connectivity index (χ0) is 21.7. The number of Topliss-reactive ketones (excluding diaryl/α,β-unsaturated/α-hetero) is 1. The minimum absolute atomic E-state index is 0.0151. The van der Waals surface area contributed by atoms with E-state index in [9.17, 15) is 9.59 Å². The SMILES string of the molecule is COc1ccc(C2C3=C(OC4CC(OC)CCC4C3=O)C(=O)N2c2nnc(C)s2)cc1. The third kappa shape index (κ3) is 3.23. The van der Waals surface area contributed by atoms with Crippen molar-refractivity contribution in [3.05, 3.63) is 46.2 Å². The first kappa shape index (κ1) is 20.1. The first-order chi connectivity index (χ1) is 15.0. The third-order valence-corrected chi connectivity index (χ3v) is 7.13. The minimum atomic E-state index is -0.602. The summed E-state index contributed by atoms with van der Waals surface area (Å²) in [6.07, 6.45) is 1.77. The minimum Gasteiger partial charge on any atom is -0.497 e. The van der Waals surface area contributed by atoms with Gasteiger partial charge in [0, 0.05) is 13.5 Å². The summed E-state index contributed by atoms with van der Waals surface area (Å²) in [6.45, 7) is 1.83. The van der Waals surface area contributed by atoms with Crippen LogP contribution in [0.5, 0.6) is 5.75 Å². The Morgan fingerprint density at radius 2 is 1.90 bits per heavy atom. The molecule has 2 aromatic rings. The van der Waals surface area contributed by atoms with Crippen LogP contribution >= 0.6 is 11.3 Å². The molecule has 1 aromatic carbocycles. The van der Waals surface area contributed by atoms with Crippen molar-refractivity contribution in [1.82, 2.24) is 10.2 Å². The van der Waals surface area contributed by atoms with Crippen molar-refractivity contribution in [2.24, 2.45) is 5.92 Å². The van der Waals surface area contributed by atoms with E-state index in [4.69, 9.17) is 14.2 Å². The molecule has 1 aromatic heterocycles. The number of amides is 1. The molecule has 0 spiro atoms. The van der Waals surface area contributed by atoms with E-state index in [-0.39, 0.29) is 35.6 Å². The number of carbonyl (C=O) groups excluding carboxylic acids is 2. The molecule has 2 aliphatic heterocycles. The summed E-state index contributed by atoms with van der Waals surface area (Å²) in [5, 5.41) is 9.46. The van der Waals surface area contributed by atoms with E-state index in [2.05, 4.69) is 10.2 Å². The molecule has 1 amide bonds. The lowest BCUT2D eigenvalue weighted by atomic mass is 9.76. The lowest BCUT2D eigenvalue weighted by molar-refractivity contribution is -0.135. The number of anilines is 1. The van der Waals surface area contributed by atoms with E-state index >= 15 is 0 Å². The summed E-state index contributed by atoms with van der Waals surface area (Å²) in [5.74, 6) is 0.202. The second kappa shape index (κ2) is 7.72. The van der Waals surface area contributed by atoms with Crippen LogP contribution in [0.25, 0.3) is 0 Å². The Labute approximate surface area is 183 Å². The fourth-order valence-corrected chi connectivity index (χ4v) is 5.44. The van der Waals surface area contributed by atoms with Gasteiger partial charge in [-0.05, 0) is 37.5 Å². The quantitative estimate of drug-likeness (QED) is 0.720. The maximum Gasteiger partial charge on any atom is 0.296 e. The molecule has 4 unspecified atom stereocenters. The summed E-state index contributed by atoms with van der Waals surface area (Å²) in [6, 6.07) is 6.78. The molecule has 0 bridgehead atoms. The van der Waals surface area contributed by atoms with Crippen LogP contribution in [0.2, 0.25) is 0 Å². The molecule has 1 aliphatic carbocycles. The van der Waals surface area contributed by atoms with Crippen LogP contribution in [-0.2, 0) is 19.1 Å². The average molecular weight is 442 g/mol. The summed E-state index contributed by atoms with van der Waals surface area (Å²) >= 11 is 1.32. The monoisotopic (exact) mass is 441 g/mol. The van der Waals surface area contributed by atoms with Gasteiger partial charge in [0.15, 0.2) is 11.5 Å². The molecule has 5 rings (SSSR count). The molecular weight excluding hydrogens is 418 g/mol. The predicted octanol–water partition coefficient (Wildman–Crippen LogP) is 2.98. The van der Waals surface area contributed by atoms with Gasteiger partial charge >= 0.3 is 0 Å². The van der Waals surface area contributed by atoms with E-state index in [1.807, 2.05) is 31.2 Å². The first-order valence-corrected chi connectivity index (χ1v) is 11.1. The largest absolute Gasteiger partial charge is 0.497 e. The highest BCUT2D eigenvalue weighted by Gasteiger charge is 2.54. The number of rotatable bonds is 4. The van der Waals surface area contributed by atoms with Gasteiger partial charge in [0.05, 0.1) is 30.7 Å². The Morgan fingerprint density at radius 3 is 2.55 bits per heavy atom. The van der Waals surface area contributed by atoms with Gasteiger partial charge in [-0.3, -0.25) is 14.5 Å². The van der Waals surface area contributed by atoms with E-state index in [0.717, 1.165) is 17.0 Å². The Morgan fingerprint density at radius 1 is 1.13 bits per heavy atom. The Hall–Kier alpha value is -2.78. The van der Waals surface area contributed by atoms with Crippen molar-refractivity contribution in [2.45, 2.75) is 44.4 Å². The molecular formula is C22H23N3O5S. The van der Waals surface area contributed by atoms with E-state index in [1.165, 1.54) is 11.3 Å². The molecule has 0 N–H and O–H groups in total. The molecule has 1 saturated carbocycles. The van der Waals surface area contributed by atoms with Crippen LogP contribution in [0.3, 0.4) is 0 Å². The van der Waals surface area contributed by atoms with Gasteiger partial charge in [0.25, 0.3) is 5.91 Å². The summed E-state index contributed by atoms with van der Waals surface area (Å²) < 4.78 is 17.0. The molecule has 4 atom stereocenters. The van der Waals surface area contributed by atoms with Gasteiger partial charge in [0.1, 0.15) is 16.9 Å². The molecule has 31 heavy (non-hydrogen) atoms. The van der Waals surface area contributed by atoms with Gasteiger partial charge in [-0.1, -0.05) is 23.5 Å². The number of benzene rings is 1. The Bertz CT molecular complexity index is 1060. The van der Waals surface area contributed by atoms with E-state index in [0.29, 0.717) is 29.3 Å². The summed E-state index contributed by atoms with van der Waals surface area (Å²) in [5.41, 5.74) is 1.22. The molecule has 0 radical (unpaired) electrons. The highest BCUT2D eigenvalue weighted by atomic mass is 32.1. The average Bonchev–Trinajstić information content (AvgIpc) is 3.34. The van der Waals surface area contributed by atoms with Crippen LogP contribution in [0.4, 0.5) is 5.13 Å². The predicted molar refractivity (Wildman–Crippen MR) is 113 cm³/mol. The number of methoxy groups -OCH3 is 2. The standard InChI is InChI=1S/C22H23N3O5S/c1-11-23-24-22(31-11)25-18(12-4-6-13(28-2)7-5-12)17-19(26)15-9-8-14(29-3)10-16(15)30-20(17)21(25)27/h4-7,14-16,18H,8-10H2,1-3H3. The van der Waals surface area contributed by atoms with E-state index < -0.39 is 6.04 Å². The van der Waals surface area contributed by atoms with Crippen molar-refractivity contribution in [3.63, 3.8) is 0 Å². The van der Waals surface area contributed by atoms with Crippen molar-refractivity contribution in [3.8, 4) is 5.75 Å². The van der Waals surface area contributed by atoms with Gasteiger partial charge in [-0.15, -0.1) is 10.2 Å². The fraction of sp³-hybridized carbons (Fsp3) is 0.455. The molecule has 1 fully saturated rings. The van der Waals surface area contributed by atoms with Gasteiger partial charge in [-0.25, -0.2) is 0 Å². The second-order valence-corrected chi connectivity index (χ2v) is 9.16. The molecule has 162 valence electrons. The van der Waals surface area contributed by atoms with Crippen LogP contribution in [-0.4, -0.2) is 48.3 Å². The normalized spacial score (nSPS) is 27.8. The summed E-state index contributed by atoms with van der Waals surface area (Å²) in [7, 11) is 3.26. The number of ether oxygens (including phenoxy) is 3. The molecule has 8 nitrogen and oxygen atoms in total. The van der Waals surface area contributed by atoms with Gasteiger partial charge in [-0.2, -0.15) is 0 Å². The van der Waals surface area contributed by atoms with Crippen molar-refractivity contribution in [1.29, 1.82) is 0 Å². The Kier molecular flexibility index (Phi) is 5.02. The number of aryl methyl sites for hydroxylation is 1. The molecule has 9 heteroatoms. The van der Waals surface area contributed by atoms with Crippen LogP contribution in [0.15, 0.2) is 35.6 Å². The van der Waals surface area contributed by atoms with Crippen molar-refractivity contribution >= 4 is 28.2 Å². The number of aromatic nitrogens is 2. The zero-order valence-corrected chi connectivity index (χ0v) is 18.3. The van der Waals surface area contributed by atoms with Crippen LogP contribution in [0, 0.1) is 12.8 Å². The smallest absolute Gasteiger partial charge is 0.296 e. The number of hydrogen-bond acceptors (Lipinski definition) is 8. The number of carbonyl (C=O) groups is 2. The van der Waals surface area contributed by atoms with Crippen molar-refractivity contribution in [2.75, 3.05) is 19.1 Å². The maximum atomic E-state index is 13.7. The Balaban J connectivity index is 1.60. The zero-order valence-electron chi connectivity index (χ0n) is 17.5. The topological polar surface area (TPSA) is 90.9 Å². The number of ketones is 1. The molecule has 3 heterocycles. The highest BCUT2D eigenvalue weighted by molar-refractivity contribution is 7.15. The first-order valence-electron chi connectivity index (χ1n) is 10.3. The number of fused-ring (bicyclic) bond motifs is 1. The molecule has 0 saturated heterocycles. The van der Waals surface area contributed by atoms with Crippen LogP contribution < -0.4 is 9.64 Å². The number of nitrogens with zero attached hydrogens (tertiary/aromatic N) is 3. The lowest BCUT2D eigenvalue weighted by Crippen LogP contribution is -2.43. The third-order valence-electron chi connectivity index (χ3n) is 6.29. The fourth-order valence-electron chi connectivity index (χ4n) is 4.73. The summed E-state index contributed by atoms with van der Waals surface area (Å²) in [4.78, 5) is 28.7. The maximum absolute atomic E-state index is 13.7. The van der Waals surface area contributed by atoms with E-state index in [1.54, 1.807) is 19.1 Å². The lowest BCUT2D eigenvalue weighted by Gasteiger charge is -2.38. The second-order valence-electron chi connectivity index (χ2n) is 8.00. The molecule has 3 aliphatic rings. The highest BCUT2D eigenvalue weighted by Crippen LogP contribution is 2.49. The number of hydrogen-bond donors (Lipinski definition) is 0. The van der Waals surface area contributed by atoms with Gasteiger partial charge < -0.3 is 14.2 Å².